The van der Waals surface area contributed by atoms with Gasteiger partial charge in [0.15, 0.2) is 0 Å². The highest BCUT2D eigenvalue weighted by Gasteiger charge is 2.24. The van der Waals surface area contributed by atoms with Crippen LogP contribution in [-0.4, -0.2) is 40.1 Å². The van der Waals surface area contributed by atoms with Crippen LogP contribution in [0.15, 0.2) is 42.7 Å². The van der Waals surface area contributed by atoms with Crippen LogP contribution < -0.4 is 10.1 Å². The first kappa shape index (κ1) is 16.5. The van der Waals surface area contributed by atoms with Crippen molar-refractivity contribution in [3.63, 3.8) is 0 Å². The summed E-state index contributed by atoms with van der Waals surface area (Å²) in [7, 11) is 0. The number of rotatable bonds is 4. The van der Waals surface area contributed by atoms with Crippen LogP contribution in [-0.2, 0) is 6.54 Å². The number of hydrogen-bond donors (Lipinski definition) is 1. The zero-order valence-electron chi connectivity index (χ0n) is 13.2. The van der Waals surface area contributed by atoms with Crippen LogP contribution in [0, 0.1) is 0 Å². The molecule has 1 aliphatic heterocycles. The van der Waals surface area contributed by atoms with Gasteiger partial charge in [-0.1, -0.05) is 23.7 Å². The number of likely N-dealkylation sites (tertiary alicyclic amines) is 1. The molecule has 0 saturated carbocycles. The number of nitrogens with one attached hydrogen (secondary N) is 1. The molecule has 2 amide bonds. The molecule has 1 N–H and O–H groups in total. The molecule has 0 aliphatic carbocycles. The Bertz CT molecular complexity index is 658. The van der Waals surface area contributed by atoms with Crippen molar-refractivity contribution in [2.24, 2.45) is 0 Å². The topological polar surface area (TPSA) is 67.4 Å². The standard InChI is InChI=1S/C17H19ClN4O2/c18-14-4-2-13(3-5-14)12-21-17(23)22-10-6-15(7-11-22)24-16-19-8-1-9-20-16/h1-5,8-9,15H,6-7,10-12H2,(H,21,23). The second kappa shape index (κ2) is 7.97. The molecule has 1 aromatic carbocycles. The molecule has 0 unspecified atom stereocenters. The highest BCUT2D eigenvalue weighted by molar-refractivity contribution is 6.30. The van der Waals surface area contributed by atoms with Gasteiger partial charge < -0.3 is 15.0 Å². The first-order valence-corrected chi connectivity index (χ1v) is 8.29. The number of carbonyl (C=O) groups is 1. The SMILES string of the molecule is O=C(NCc1ccc(Cl)cc1)N1CCC(Oc2ncccn2)CC1. The van der Waals surface area contributed by atoms with E-state index in [1.165, 1.54) is 0 Å². The minimum absolute atomic E-state index is 0.0488. The minimum Gasteiger partial charge on any atom is -0.460 e. The monoisotopic (exact) mass is 346 g/mol. The third kappa shape index (κ3) is 4.58. The van der Waals surface area contributed by atoms with Gasteiger partial charge in [0.2, 0.25) is 0 Å². The van der Waals surface area contributed by atoms with E-state index in [4.69, 9.17) is 16.3 Å². The van der Waals surface area contributed by atoms with E-state index < -0.39 is 0 Å². The number of hydrogen-bond acceptors (Lipinski definition) is 4. The van der Waals surface area contributed by atoms with Crippen molar-refractivity contribution < 1.29 is 9.53 Å². The fourth-order valence-corrected chi connectivity index (χ4v) is 2.69. The van der Waals surface area contributed by atoms with E-state index in [0.717, 1.165) is 18.4 Å². The van der Waals surface area contributed by atoms with Gasteiger partial charge in [0.05, 0.1) is 0 Å². The Labute approximate surface area is 145 Å². The Morgan fingerprint density at radius 3 is 2.54 bits per heavy atom. The van der Waals surface area contributed by atoms with Crippen LogP contribution in [0.4, 0.5) is 4.79 Å². The van der Waals surface area contributed by atoms with Gasteiger partial charge >= 0.3 is 12.0 Å². The van der Waals surface area contributed by atoms with Gasteiger partial charge in [-0.3, -0.25) is 0 Å². The van der Waals surface area contributed by atoms with Crippen molar-refractivity contribution in [2.45, 2.75) is 25.5 Å². The maximum absolute atomic E-state index is 12.2. The molecule has 2 aromatic rings. The molecule has 2 heterocycles. The van der Waals surface area contributed by atoms with Crippen LogP contribution in [0.2, 0.25) is 5.02 Å². The summed E-state index contributed by atoms with van der Waals surface area (Å²) >= 11 is 5.85. The Balaban J connectivity index is 1.42. The molecule has 6 nitrogen and oxygen atoms in total. The normalized spacial score (nSPS) is 15.1. The number of aromatic nitrogens is 2. The van der Waals surface area contributed by atoms with Crippen LogP contribution >= 0.6 is 11.6 Å². The Morgan fingerprint density at radius 1 is 1.21 bits per heavy atom. The van der Waals surface area contributed by atoms with Crippen LogP contribution in [0.1, 0.15) is 18.4 Å². The second-order valence-corrected chi connectivity index (χ2v) is 6.06. The van der Waals surface area contributed by atoms with E-state index in [1.807, 2.05) is 29.2 Å². The van der Waals surface area contributed by atoms with Crippen molar-refractivity contribution in [1.82, 2.24) is 20.2 Å². The Hall–Kier alpha value is -2.34. The molecule has 0 radical (unpaired) electrons. The van der Waals surface area contributed by atoms with Crippen LogP contribution in [0.3, 0.4) is 0 Å². The molecule has 1 aromatic heterocycles. The lowest BCUT2D eigenvalue weighted by atomic mass is 10.1. The average Bonchev–Trinajstić information content (AvgIpc) is 2.62. The van der Waals surface area contributed by atoms with E-state index in [2.05, 4.69) is 15.3 Å². The second-order valence-electron chi connectivity index (χ2n) is 5.62. The number of carbonyl (C=O) groups excluding carboxylic acids is 1. The number of halogens is 1. The quantitative estimate of drug-likeness (QED) is 0.924. The summed E-state index contributed by atoms with van der Waals surface area (Å²) in [5.74, 6) is 0. The van der Waals surface area contributed by atoms with E-state index in [9.17, 15) is 4.79 Å². The lowest BCUT2D eigenvalue weighted by molar-refractivity contribution is 0.103. The highest BCUT2D eigenvalue weighted by atomic mass is 35.5. The molecule has 126 valence electrons. The van der Waals surface area contributed by atoms with Gasteiger partial charge in [-0.15, -0.1) is 0 Å². The molecule has 1 aliphatic rings. The fourth-order valence-electron chi connectivity index (χ4n) is 2.56. The smallest absolute Gasteiger partial charge is 0.317 e. The fraction of sp³-hybridized carbons (Fsp3) is 0.353. The third-order valence-electron chi connectivity index (χ3n) is 3.90. The predicted octanol–water partition coefficient (Wildman–Crippen LogP) is 2.88. The Kier molecular flexibility index (Phi) is 5.48. The van der Waals surface area contributed by atoms with E-state index in [0.29, 0.717) is 30.7 Å². The van der Waals surface area contributed by atoms with E-state index in [1.54, 1.807) is 18.5 Å². The summed E-state index contributed by atoms with van der Waals surface area (Å²) in [5, 5.41) is 3.62. The van der Waals surface area contributed by atoms with Crippen molar-refractivity contribution in [3.8, 4) is 6.01 Å². The van der Waals surface area contributed by atoms with Gasteiger partial charge in [-0.05, 0) is 23.8 Å². The maximum Gasteiger partial charge on any atom is 0.317 e. The van der Waals surface area contributed by atoms with Gasteiger partial charge in [0.1, 0.15) is 6.10 Å². The molecule has 24 heavy (non-hydrogen) atoms. The number of nitrogens with zero attached hydrogens (tertiary/aromatic N) is 3. The highest BCUT2D eigenvalue weighted by Crippen LogP contribution is 2.16. The molecule has 0 bridgehead atoms. The van der Waals surface area contributed by atoms with Crippen molar-refractivity contribution in [1.29, 1.82) is 0 Å². The molecule has 1 fully saturated rings. The summed E-state index contributed by atoms with van der Waals surface area (Å²) in [5.41, 5.74) is 1.02. The van der Waals surface area contributed by atoms with Gasteiger partial charge in [-0.2, -0.15) is 0 Å². The largest absolute Gasteiger partial charge is 0.460 e. The summed E-state index contributed by atoms with van der Waals surface area (Å²) in [6.07, 6.45) is 4.90. The Morgan fingerprint density at radius 2 is 1.88 bits per heavy atom. The lowest BCUT2D eigenvalue weighted by Crippen LogP contribution is -2.46. The number of urea groups is 1. The van der Waals surface area contributed by atoms with Crippen molar-refractivity contribution in [3.05, 3.63) is 53.3 Å². The summed E-state index contributed by atoms with van der Waals surface area (Å²) in [6, 6.07) is 9.53. The molecule has 0 atom stereocenters. The van der Waals surface area contributed by atoms with Crippen LogP contribution in [0.25, 0.3) is 0 Å². The molecule has 0 spiro atoms. The molecular weight excluding hydrogens is 328 g/mol. The number of ether oxygens (including phenoxy) is 1. The van der Waals surface area contributed by atoms with Gasteiger partial charge in [0, 0.05) is 49.9 Å². The van der Waals surface area contributed by atoms with Crippen LogP contribution in [0.5, 0.6) is 6.01 Å². The predicted molar refractivity (Wildman–Crippen MR) is 90.9 cm³/mol. The average molecular weight is 347 g/mol. The maximum atomic E-state index is 12.2. The molecular formula is C17H19ClN4O2. The van der Waals surface area contributed by atoms with E-state index in [-0.39, 0.29) is 12.1 Å². The number of piperidine rings is 1. The number of benzene rings is 1. The zero-order chi connectivity index (χ0) is 16.8. The molecule has 3 rings (SSSR count). The van der Waals surface area contributed by atoms with Crippen molar-refractivity contribution >= 4 is 17.6 Å². The first-order valence-electron chi connectivity index (χ1n) is 7.91. The molecule has 7 heteroatoms. The van der Waals surface area contributed by atoms with Gasteiger partial charge in [-0.25, -0.2) is 14.8 Å². The van der Waals surface area contributed by atoms with E-state index >= 15 is 0 Å². The molecule has 1 saturated heterocycles. The van der Waals surface area contributed by atoms with Crippen molar-refractivity contribution in [2.75, 3.05) is 13.1 Å². The lowest BCUT2D eigenvalue weighted by Gasteiger charge is -2.31. The summed E-state index contributed by atoms with van der Waals surface area (Å²) in [6.45, 7) is 1.80. The minimum atomic E-state index is -0.0561. The van der Waals surface area contributed by atoms with Gasteiger partial charge in [0.25, 0.3) is 0 Å². The summed E-state index contributed by atoms with van der Waals surface area (Å²) in [4.78, 5) is 22.2. The third-order valence-corrected chi connectivity index (χ3v) is 4.15. The zero-order valence-corrected chi connectivity index (χ0v) is 13.9. The number of amides is 2. The first-order chi connectivity index (χ1) is 11.7. The summed E-state index contributed by atoms with van der Waals surface area (Å²) < 4.78 is 5.73.